The van der Waals surface area contributed by atoms with Crippen LogP contribution in [0.3, 0.4) is 0 Å². The van der Waals surface area contributed by atoms with Crippen molar-refractivity contribution in [1.29, 1.82) is 0 Å². The van der Waals surface area contributed by atoms with E-state index in [0.29, 0.717) is 33.1 Å². The highest BCUT2D eigenvalue weighted by atomic mass is 19.1. The fourth-order valence-corrected chi connectivity index (χ4v) is 3.53. The Morgan fingerprint density at radius 3 is 2.90 bits per heavy atom. The van der Waals surface area contributed by atoms with Gasteiger partial charge in [-0.2, -0.15) is 5.10 Å². The van der Waals surface area contributed by atoms with Crippen LogP contribution in [0.4, 0.5) is 4.39 Å². The van der Waals surface area contributed by atoms with Gasteiger partial charge < -0.3 is 9.40 Å². The van der Waals surface area contributed by atoms with Crippen molar-refractivity contribution < 1.29 is 13.6 Å². The van der Waals surface area contributed by atoms with Gasteiger partial charge in [0.25, 0.3) is 5.91 Å². The molecule has 0 radical (unpaired) electrons. The molecule has 3 aromatic heterocycles. The minimum absolute atomic E-state index is 0.338. The quantitative estimate of drug-likeness (QED) is 0.356. The molecular formula is C22H15FN4O3. The Kier molecular flexibility index (Phi) is 3.99. The zero-order valence-corrected chi connectivity index (χ0v) is 15.8. The van der Waals surface area contributed by atoms with Gasteiger partial charge in [-0.15, -0.1) is 0 Å². The smallest absolute Gasteiger partial charge is 0.346 e. The number of fused-ring (bicyclic) bond motifs is 4. The van der Waals surface area contributed by atoms with Gasteiger partial charge in [0, 0.05) is 40.0 Å². The molecule has 3 heterocycles. The van der Waals surface area contributed by atoms with Gasteiger partial charge in [-0.05, 0) is 49.4 Å². The van der Waals surface area contributed by atoms with E-state index in [0.717, 1.165) is 11.2 Å². The van der Waals surface area contributed by atoms with E-state index >= 15 is 0 Å². The highest BCUT2D eigenvalue weighted by molar-refractivity contribution is 6.01. The van der Waals surface area contributed by atoms with E-state index in [1.165, 1.54) is 24.4 Å². The van der Waals surface area contributed by atoms with Gasteiger partial charge in [0.15, 0.2) is 0 Å². The fourth-order valence-electron chi connectivity index (χ4n) is 3.53. The first-order valence-corrected chi connectivity index (χ1v) is 9.16. The number of halogens is 1. The molecule has 8 heteroatoms. The number of rotatable bonds is 3. The van der Waals surface area contributed by atoms with Crippen molar-refractivity contribution in [2.45, 2.75) is 6.92 Å². The first-order chi connectivity index (χ1) is 14.5. The highest BCUT2D eigenvalue weighted by Gasteiger charge is 2.12. The van der Waals surface area contributed by atoms with Gasteiger partial charge >= 0.3 is 5.63 Å². The van der Waals surface area contributed by atoms with Crippen LogP contribution in [0.15, 0.2) is 69.0 Å². The van der Waals surface area contributed by atoms with Crippen LogP contribution < -0.4 is 11.1 Å². The first kappa shape index (κ1) is 17.9. The molecule has 0 aliphatic heterocycles. The molecule has 0 aliphatic carbocycles. The normalized spacial score (nSPS) is 11.8. The average Bonchev–Trinajstić information content (AvgIpc) is 3.31. The number of aryl methyl sites for hydroxylation is 1. The second-order valence-electron chi connectivity index (χ2n) is 6.90. The van der Waals surface area contributed by atoms with Crippen LogP contribution in [0, 0.1) is 12.7 Å². The highest BCUT2D eigenvalue weighted by Crippen LogP contribution is 2.19. The summed E-state index contributed by atoms with van der Waals surface area (Å²) < 4.78 is 20.6. The minimum atomic E-state index is -0.466. The molecule has 7 nitrogen and oxygen atoms in total. The number of nitrogens with zero attached hydrogens (tertiary/aromatic N) is 2. The Bertz CT molecular complexity index is 1540. The van der Waals surface area contributed by atoms with Crippen molar-refractivity contribution in [1.82, 2.24) is 14.8 Å². The Morgan fingerprint density at radius 2 is 2.03 bits per heavy atom. The third kappa shape index (κ3) is 2.86. The lowest BCUT2D eigenvalue weighted by Gasteiger charge is -2.06. The van der Waals surface area contributed by atoms with Crippen LogP contribution >= 0.6 is 0 Å². The third-order valence-corrected chi connectivity index (χ3v) is 5.00. The molecule has 2 N–H and O–H groups in total. The lowest BCUT2D eigenvalue weighted by molar-refractivity contribution is 0.0955. The maximum Gasteiger partial charge on any atom is 0.346 e. The Hall–Kier alpha value is -4.20. The standard InChI is InChI=1S/C22H15FN4O3/c1-12-2-7-20-27(12)19-8-13(3-5-16(19)22(29)30-20)21(28)26-25-11-14-10-24-18-6-4-15(23)9-17(14)18/h2-11,24H,1H3,(H,26,28)/b25-11+. The van der Waals surface area contributed by atoms with Gasteiger partial charge in [0.1, 0.15) is 5.82 Å². The van der Waals surface area contributed by atoms with Gasteiger partial charge in [0.05, 0.1) is 17.1 Å². The molecule has 2 aromatic carbocycles. The number of amides is 1. The molecule has 0 saturated heterocycles. The molecule has 5 aromatic rings. The number of carbonyl (C=O) groups excluding carboxylic acids is 1. The Balaban J connectivity index is 1.46. The molecule has 0 aliphatic rings. The second-order valence-corrected chi connectivity index (χ2v) is 6.90. The number of aromatic amines is 1. The van der Waals surface area contributed by atoms with Gasteiger partial charge in [0.2, 0.25) is 5.71 Å². The van der Waals surface area contributed by atoms with Gasteiger partial charge in [-0.3, -0.25) is 9.20 Å². The van der Waals surface area contributed by atoms with Crippen LogP contribution in [-0.4, -0.2) is 21.5 Å². The van der Waals surface area contributed by atoms with E-state index in [2.05, 4.69) is 15.5 Å². The fraction of sp³-hybridized carbons (Fsp3) is 0.0455. The summed E-state index contributed by atoms with van der Waals surface area (Å²) in [6.45, 7) is 1.88. The van der Waals surface area contributed by atoms with E-state index in [1.807, 2.05) is 13.0 Å². The minimum Gasteiger partial charge on any atom is -0.405 e. The van der Waals surface area contributed by atoms with Crippen molar-refractivity contribution in [3.8, 4) is 0 Å². The van der Waals surface area contributed by atoms with Crippen LogP contribution in [0.2, 0.25) is 0 Å². The third-order valence-electron chi connectivity index (χ3n) is 5.00. The SMILES string of the molecule is Cc1ccc2oc(=O)c3ccc(C(=O)N/N=C/c4c[nH]c5ccc(F)cc45)cc3n12. The number of carbonyl (C=O) groups is 1. The van der Waals surface area contributed by atoms with E-state index in [4.69, 9.17) is 4.42 Å². The molecule has 148 valence electrons. The van der Waals surface area contributed by atoms with Crippen LogP contribution in [0.5, 0.6) is 0 Å². The molecule has 30 heavy (non-hydrogen) atoms. The molecule has 0 fully saturated rings. The van der Waals surface area contributed by atoms with Crippen molar-refractivity contribution in [2.75, 3.05) is 0 Å². The van der Waals surface area contributed by atoms with Crippen molar-refractivity contribution in [2.24, 2.45) is 5.10 Å². The molecule has 5 rings (SSSR count). The summed E-state index contributed by atoms with van der Waals surface area (Å²) in [7, 11) is 0. The topological polar surface area (TPSA) is 91.9 Å². The zero-order chi connectivity index (χ0) is 20.8. The summed E-state index contributed by atoms with van der Waals surface area (Å²) in [5.74, 6) is -0.793. The van der Waals surface area contributed by atoms with Crippen molar-refractivity contribution in [3.63, 3.8) is 0 Å². The van der Waals surface area contributed by atoms with E-state index in [9.17, 15) is 14.0 Å². The summed E-state index contributed by atoms with van der Waals surface area (Å²) in [5, 5.41) is 5.02. The van der Waals surface area contributed by atoms with Crippen LogP contribution in [0.1, 0.15) is 21.6 Å². The Morgan fingerprint density at radius 1 is 1.17 bits per heavy atom. The number of nitrogens with one attached hydrogen (secondary N) is 2. The summed E-state index contributed by atoms with van der Waals surface area (Å²) in [6.07, 6.45) is 3.13. The van der Waals surface area contributed by atoms with E-state index < -0.39 is 11.5 Å². The molecule has 0 atom stereocenters. The summed E-state index contributed by atoms with van der Waals surface area (Å²) in [4.78, 5) is 27.8. The van der Waals surface area contributed by atoms with Crippen LogP contribution in [0.25, 0.3) is 27.5 Å². The van der Waals surface area contributed by atoms with Gasteiger partial charge in [-0.25, -0.2) is 14.6 Å². The number of benzene rings is 2. The van der Waals surface area contributed by atoms with Crippen LogP contribution in [-0.2, 0) is 0 Å². The maximum atomic E-state index is 13.5. The predicted molar refractivity (Wildman–Crippen MR) is 111 cm³/mol. The number of hydrogen-bond acceptors (Lipinski definition) is 4. The van der Waals surface area contributed by atoms with Crippen molar-refractivity contribution in [3.05, 3.63) is 87.8 Å². The lowest BCUT2D eigenvalue weighted by Crippen LogP contribution is -2.18. The molecule has 0 bridgehead atoms. The number of H-pyrrole nitrogens is 1. The Labute approximate surface area is 168 Å². The molecule has 0 spiro atoms. The number of hydrogen-bond donors (Lipinski definition) is 2. The largest absolute Gasteiger partial charge is 0.405 e. The van der Waals surface area contributed by atoms with E-state index in [1.54, 1.807) is 34.9 Å². The van der Waals surface area contributed by atoms with Gasteiger partial charge in [-0.1, -0.05) is 0 Å². The summed E-state index contributed by atoms with van der Waals surface area (Å²) >= 11 is 0. The maximum absolute atomic E-state index is 13.5. The van der Waals surface area contributed by atoms with E-state index in [-0.39, 0.29) is 5.82 Å². The summed E-state index contributed by atoms with van der Waals surface area (Å²) in [5.41, 5.74) is 5.61. The molecule has 1 amide bonds. The molecular weight excluding hydrogens is 387 g/mol. The second kappa shape index (κ2) is 6.70. The number of aromatic nitrogens is 2. The predicted octanol–water partition coefficient (Wildman–Crippen LogP) is 3.74. The monoisotopic (exact) mass is 402 g/mol. The summed E-state index contributed by atoms with van der Waals surface area (Å²) in [6, 6.07) is 12.7. The lowest BCUT2D eigenvalue weighted by atomic mass is 10.1. The average molecular weight is 402 g/mol. The zero-order valence-electron chi connectivity index (χ0n) is 15.8. The first-order valence-electron chi connectivity index (χ1n) is 9.16. The van der Waals surface area contributed by atoms with Crippen molar-refractivity contribution >= 4 is 39.6 Å². The molecule has 0 unspecified atom stereocenters. The molecule has 0 saturated carbocycles. The number of hydrazone groups is 1.